The molecule has 0 unspecified atom stereocenters. The van der Waals surface area contributed by atoms with Crippen molar-refractivity contribution < 1.29 is 19.0 Å². The Kier molecular flexibility index (Phi) is 6.00. The molecule has 0 saturated heterocycles. The number of para-hydroxylation sites is 1. The van der Waals surface area contributed by atoms with Crippen LogP contribution in [-0.2, 0) is 17.8 Å². The Morgan fingerprint density at radius 1 is 1.12 bits per heavy atom. The lowest BCUT2D eigenvalue weighted by Crippen LogP contribution is -2.30. The van der Waals surface area contributed by atoms with Crippen LogP contribution in [0.5, 0.6) is 17.2 Å². The maximum absolute atomic E-state index is 12.7. The predicted molar refractivity (Wildman–Crippen MR) is 99.6 cm³/mol. The topological polar surface area (TPSA) is 48.0 Å². The molecule has 0 saturated carbocycles. The van der Waals surface area contributed by atoms with Gasteiger partial charge in [0.1, 0.15) is 5.75 Å². The molecule has 0 aromatic heterocycles. The molecule has 0 radical (unpaired) electrons. The number of amides is 1. The third kappa shape index (κ3) is 4.28. The Balaban J connectivity index is 1.60. The number of hydrogen-bond acceptors (Lipinski definition) is 4. The number of benzene rings is 2. The highest BCUT2D eigenvalue weighted by Gasteiger charge is 2.17. The van der Waals surface area contributed by atoms with E-state index in [0.717, 1.165) is 28.4 Å². The molecule has 0 aliphatic carbocycles. The summed E-state index contributed by atoms with van der Waals surface area (Å²) in [5.41, 5.74) is 2.11. The third-order valence-corrected chi connectivity index (χ3v) is 4.43. The normalized spacial score (nSPS) is 12.1. The fourth-order valence-corrected chi connectivity index (χ4v) is 3.04. The third-order valence-electron chi connectivity index (χ3n) is 4.43. The van der Waals surface area contributed by atoms with E-state index in [9.17, 15) is 4.79 Å². The second-order valence-electron chi connectivity index (χ2n) is 6.14. The maximum atomic E-state index is 12.7. The van der Waals surface area contributed by atoms with Crippen molar-refractivity contribution in [1.82, 2.24) is 4.90 Å². The van der Waals surface area contributed by atoms with E-state index in [0.29, 0.717) is 32.5 Å². The Hall–Kier alpha value is -2.69. The minimum Gasteiger partial charge on any atom is -0.494 e. The van der Waals surface area contributed by atoms with Crippen molar-refractivity contribution in [3.05, 3.63) is 53.6 Å². The van der Waals surface area contributed by atoms with Crippen LogP contribution < -0.4 is 14.2 Å². The largest absolute Gasteiger partial charge is 0.494 e. The predicted octanol–water partition coefficient (Wildman–Crippen LogP) is 3.80. The highest BCUT2D eigenvalue weighted by atomic mass is 16.7. The summed E-state index contributed by atoms with van der Waals surface area (Å²) in [5, 5.41) is 0. The van der Waals surface area contributed by atoms with Crippen molar-refractivity contribution in [2.24, 2.45) is 0 Å². The first-order valence-electron chi connectivity index (χ1n) is 9.08. The summed E-state index contributed by atoms with van der Waals surface area (Å²) in [6, 6.07) is 13.7. The zero-order valence-electron chi connectivity index (χ0n) is 15.4. The van der Waals surface area contributed by atoms with Crippen molar-refractivity contribution in [2.45, 2.75) is 33.2 Å². The van der Waals surface area contributed by atoms with Crippen LogP contribution in [0.25, 0.3) is 0 Å². The second-order valence-corrected chi connectivity index (χ2v) is 6.14. The fourth-order valence-electron chi connectivity index (χ4n) is 3.04. The standard InChI is InChI=1S/C21H25NO4/c1-3-22(14-16-9-11-19-20(13-16)26-15-25-19)21(23)12-10-17-7-5-6-8-18(17)24-4-2/h5-9,11,13H,3-4,10,12,14-15H2,1-2H3. The van der Waals surface area contributed by atoms with Gasteiger partial charge < -0.3 is 19.1 Å². The first kappa shape index (κ1) is 18.1. The first-order chi connectivity index (χ1) is 12.7. The van der Waals surface area contributed by atoms with E-state index in [-0.39, 0.29) is 12.7 Å². The minimum atomic E-state index is 0.136. The molecule has 1 aliphatic rings. The lowest BCUT2D eigenvalue weighted by molar-refractivity contribution is -0.131. The highest BCUT2D eigenvalue weighted by Crippen LogP contribution is 2.32. The van der Waals surface area contributed by atoms with Crippen LogP contribution in [-0.4, -0.2) is 30.8 Å². The molecule has 5 nitrogen and oxygen atoms in total. The molecule has 3 rings (SSSR count). The van der Waals surface area contributed by atoms with E-state index in [2.05, 4.69) is 0 Å². The van der Waals surface area contributed by atoms with Gasteiger partial charge in [0.15, 0.2) is 11.5 Å². The van der Waals surface area contributed by atoms with Crippen LogP contribution in [0.3, 0.4) is 0 Å². The molecule has 1 aliphatic heterocycles. The number of carbonyl (C=O) groups is 1. The minimum absolute atomic E-state index is 0.136. The molecule has 2 aromatic rings. The summed E-state index contributed by atoms with van der Waals surface area (Å²) in [5.74, 6) is 2.50. The lowest BCUT2D eigenvalue weighted by Gasteiger charge is -2.21. The number of fused-ring (bicyclic) bond motifs is 1. The van der Waals surface area contributed by atoms with Gasteiger partial charge in [0, 0.05) is 19.5 Å². The van der Waals surface area contributed by atoms with Crippen molar-refractivity contribution >= 4 is 5.91 Å². The Morgan fingerprint density at radius 3 is 2.73 bits per heavy atom. The summed E-state index contributed by atoms with van der Waals surface area (Å²) in [6.07, 6.45) is 1.13. The molecule has 0 N–H and O–H groups in total. The summed E-state index contributed by atoms with van der Waals surface area (Å²) in [7, 11) is 0. The summed E-state index contributed by atoms with van der Waals surface area (Å²) in [4.78, 5) is 14.5. The van der Waals surface area contributed by atoms with Gasteiger partial charge in [0.25, 0.3) is 0 Å². The van der Waals surface area contributed by atoms with Gasteiger partial charge in [-0.25, -0.2) is 0 Å². The monoisotopic (exact) mass is 355 g/mol. The van der Waals surface area contributed by atoms with Crippen LogP contribution in [0.1, 0.15) is 31.4 Å². The molecular weight excluding hydrogens is 330 g/mol. The molecule has 26 heavy (non-hydrogen) atoms. The van der Waals surface area contributed by atoms with E-state index in [1.807, 2.05) is 61.2 Å². The van der Waals surface area contributed by atoms with Gasteiger partial charge in [-0.3, -0.25) is 4.79 Å². The highest BCUT2D eigenvalue weighted by molar-refractivity contribution is 5.76. The number of nitrogens with zero attached hydrogens (tertiary/aromatic N) is 1. The molecule has 0 atom stereocenters. The molecule has 2 aromatic carbocycles. The van der Waals surface area contributed by atoms with Gasteiger partial charge in [0.05, 0.1) is 6.61 Å². The Morgan fingerprint density at radius 2 is 1.92 bits per heavy atom. The summed E-state index contributed by atoms with van der Waals surface area (Å²) in [6.45, 7) is 6.08. The van der Waals surface area contributed by atoms with Crippen molar-refractivity contribution in [1.29, 1.82) is 0 Å². The van der Waals surface area contributed by atoms with Gasteiger partial charge in [-0.1, -0.05) is 24.3 Å². The second kappa shape index (κ2) is 8.61. The van der Waals surface area contributed by atoms with Gasteiger partial charge in [-0.05, 0) is 49.6 Å². The maximum Gasteiger partial charge on any atom is 0.231 e. The molecular formula is C21H25NO4. The van der Waals surface area contributed by atoms with E-state index in [4.69, 9.17) is 14.2 Å². The van der Waals surface area contributed by atoms with E-state index in [1.165, 1.54) is 0 Å². The lowest BCUT2D eigenvalue weighted by atomic mass is 10.1. The van der Waals surface area contributed by atoms with Crippen LogP contribution in [0.4, 0.5) is 0 Å². The zero-order chi connectivity index (χ0) is 18.4. The smallest absolute Gasteiger partial charge is 0.231 e. The van der Waals surface area contributed by atoms with Crippen LogP contribution in [0.15, 0.2) is 42.5 Å². The SMILES string of the molecule is CCOc1ccccc1CCC(=O)N(CC)Cc1ccc2c(c1)OCO2. The van der Waals surface area contributed by atoms with Crippen molar-refractivity contribution in [3.8, 4) is 17.2 Å². The molecule has 0 fully saturated rings. The average molecular weight is 355 g/mol. The zero-order valence-corrected chi connectivity index (χ0v) is 15.4. The quantitative estimate of drug-likeness (QED) is 0.723. The molecule has 1 amide bonds. The molecule has 0 spiro atoms. The van der Waals surface area contributed by atoms with Gasteiger partial charge in [0.2, 0.25) is 12.7 Å². The van der Waals surface area contributed by atoms with E-state index in [1.54, 1.807) is 0 Å². The number of rotatable bonds is 8. The van der Waals surface area contributed by atoms with Crippen molar-refractivity contribution in [2.75, 3.05) is 19.9 Å². The molecule has 0 bridgehead atoms. The Labute approximate surface area is 154 Å². The van der Waals surface area contributed by atoms with Crippen LogP contribution in [0, 0.1) is 0 Å². The molecule has 138 valence electrons. The number of aryl methyl sites for hydroxylation is 1. The molecule has 1 heterocycles. The average Bonchev–Trinajstić information content (AvgIpc) is 3.13. The van der Waals surface area contributed by atoms with E-state index >= 15 is 0 Å². The Bertz CT molecular complexity index is 759. The number of ether oxygens (including phenoxy) is 3. The first-order valence-corrected chi connectivity index (χ1v) is 9.08. The fraction of sp³-hybridized carbons (Fsp3) is 0.381. The van der Waals surface area contributed by atoms with E-state index < -0.39 is 0 Å². The van der Waals surface area contributed by atoms with Crippen LogP contribution >= 0.6 is 0 Å². The van der Waals surface area contributed by atoms with Crippen molar-refractivity contribution in [3.63, 3.8) is 0 Å². The van der Waals surface area contributed by atoms with Gasteiger partial charge in [-0.15, -0.1) is 0 Å². The number of hydrogen-bond donors (Lipinski definition) is 0. The van der Waals surface area contributed by atoms with Crippen LogP contribution in [0.2, 0.25) is 0 Å². The number of carbonyl (C=O) groups excluding carboxylic acids is 1. The van der Waals surface area contributed by atoms with Gasteiger partial charge in [-0.2, -0.15) is 0 Å². The van der Waals surface area contributed by atoms with Gasteiger partial charge >= 0.3 is 0 Å². The summed E-state index contributed by atoms with van der Waals surface area (Å²) < 4.78 is 16.4. The molecule has 5 heteroatoms. The summed E-state index contributed by atoms with van der Waals surface area (Å²) >= 11 is 0.